The maximum absolute atomic E-state index is 12.8. The molecule has 33 heavy (non-hydrogen) atoms. The lowest BCUT2D eigenvalue weighted by Crippen LogP contribution is -2.30. The third-order valence-electron chi connectivity index (χ3n) is 5.52. The van der Waals surface area contributed by atoms with Crippen molar-refractivity contribution in [3.05, 3.63) is 95.1 Å². The van der Waals surface area contributed by atoms with Gasteiger partial charge >= 0.3 is 0 Å². The molecule has 0 saturated heterocycles. The van der Waals surface area contributed by atoms with Crippen LogP contribution in [-0.2, 0) is 16.6 Å². The molecule has 1 aliphatic rings. The van der Waals surface area contributed by atoms with Gasteiger partial charge in [-0.3, -0.25) is 9.59 Å². The van der Waals surface area contributed by atoms with Gasteiger partial charge in [-0.1, -0.05) is 42.5 Å². The van der Waals surface area contributed by atoms with Crippen LogP contribution in [0.1, 0.15) is 51.2 Å². The topological polar surface area (TPSA) is 92.3 Å². The number of carbonyl (C=O) groups is 2. The van der Waals surface area contributed by atoms with Gasteiger partial charge in [0, 0.05) is 28.3 Å². The van der Waals surface area contributed by atoms with E-state index >= 15 is 0 Å². The molecule has 0 saturated carbocycles. The zero-order valence-corrected chi connectivity index (χ0v) is 19.7. The Balaban J connectivity index is 1.37. The smallest absolute Gasteiger partial charge is 0.251 e. The fourth-order valence-corrected chi connectivity index (χ4v) is 5.78. The molecule has 0 bridgehead atoms. The van der Waals surface area contributed by atoms with Gasteiger partial charge in [0.2, 0.25) is 10.0 Å². The van der Waals surface area contributed by atoms with E-state index in [-0.39, 0.29) is 29.2 Å². The van der Waals surface area contributed by atoms with E-state index in [1.54, 1.807) is 36.0 Å². The highest BCUT2D eigenvalue weighted by Crippen LogP contribution is 2.35. The third-order valence-corrected chi connectivity index (χ3v) is 8.06. The van der Waals surface area contributed by atoms with Crippen molar-refractivity contribution in [3.63, 3.8) is 0 Å². The maximum atomic E-state index is 12.8. The van der Waals surface area contributed by atoms with Crippen molar-refractivity contribution in [1.82, 2.24) is 10.0 Å². The average molecular weight is 481 g/mol. The fraction of sp³-hybridized carbons (Fsp3) is 0.200. The molecule has 170 valence electrons. The molecule has 3 aromatic rings. The van der Waals surface area contributed by atoms with Crippen molar-refractivity contribution in [1.29, 1.82) is 0 Å². The van der Waals surface area contributed by atoms with E-state index in [4.69, 9.17) is 0 Å². The lowest BCUT2D eigenvalue weighted by Gasteiger charge is -2.25. The van der Waals surface area contributed by atoms with E-state index < -0.39 is 10.0 Å². The Labute approximate surface area is 197 Å². The molecule has 1 atom stereocenters. The van der Waals surface area contributed by atoms with Gasteiger partial charge in [0.15, 0.2) is 5.78 Å². The number of sulfonamides is 1. The van der Waals surface area contributed by atoms with E-state index in [1.165, 1.54) is 36.1 Å². The predicted octanol–water partition coefficient (Wildman–Crippen LogP) is 4.33. The molecule has 3 aromatic carbocycles. The molecule has 8 heteroatoms. The number of carbonyl (C=O) groups excluding carboxylic acids is 2. The molecule has 0 aliphatic carbocycles. The molecule has 0 aromatic heterocycles. The Bertz CT molecular complexity index is 1270. The summed E-state index contributed by atoms with van der Waals surface area (Å²) in [6, 6.07) is 20.8. The van der Waals surface area contributed by atoms with Crippen LogP contribution in [0.3, 0.4) is 0 Å². The first kappa shape index (κ1) is 23.2. The second kappa shape index (κ2) is 9.91. The number of ketones is 1. The van der Waals surface area contributed by atoms with Crippen molar-refractivity contribution >= 4 is 33.5 Å². The fourth-order valence-electron chi connectivity index (χ4n) is 3.64. The van der Waals surface area contributed by atoms with Gasteiger partial charge in [-0.05, 0) is 54.8 Å². The zero-order chi connectivity index (χ0) is 23.4. The average Bonchev–Trinajstić information content (AvgIpc) is 2.83. The van der Waals surface area contributed by atoms with Crippen LogP contribution in [0.5, 0.6) is 0 Å². The van der Waals surface area contributed by atoms with Gasteiger partial charge in [-0.25, -0.2) is 13.1 Å². The number of rotatable bonds is 7. The van der Waals surface area contributed by atoms with Crippen LogP contribution in [0.25, 0.3) is 0 Å². The highest BCUT2D eigenvalue weighted by atomic mass is 32.2. The summed E-state index contributed by atoms with van der Waals surface area (Å²) < 4.78 is 27.6. The molecular weight excluding hydrogens is 456 g/mol. The van der Waals surface area contributed by atoms with Gasteiger partial charge < -0.3 is 5.32 Å². The lowest BCUT2D eigenvalue weighted by atomic mass is 10.0. The molecule has 1 unspecified atom stereocenters. The number of fused-ring (bicyclic) bond motifs is 1. The minimum atomic E-state index is -3.72. The molecule has 6 nitrogen and oxygen atoms in total. The van der Waals surface area contributed by atoms with Crippen molar-refractivity contribution < 1.29 is 18.0 Å². The number of hydrogen-bond acceptors (Lipinski definition) is 5. The van der Waals surface area contributed by atoms with E-state index in [2.05, 4.69) is 22.2 Å². The Morgan fingerprint density at radius 2 is 1.61 bits per heavy atom. The molecule has 2 N–H and O–H groups in total. The first-order valence-corrected chi connectivity index (χ1v) is 13.0. The van der Waals surface area contributed by atoms with Crippen molar-refractivity contribution in [2.45, 2.75) is 35.7 Å². The quantitative estimate of drug-likeness (QED) is 0.491. The Kier molecular flexibility index (Phi) is 6.97. The van der Waals surface area contributed by atoms with E-state index in [9.17, 15) is 18.0 Å². The van der Waals surface area contributed by atoms with Gasteiger partial charge in [0.25, 0.3) is 5.91 Å². The number of thioether (sulfide) groups is 1. The van der Waals surface area contributed by atoms with Crippen LogP contribution in [-0.4, -0.2) is 25.9 Å². The molecule has 1 amide bonds. The number of benzene rings is 3. The lowest BCUT2D eigenvalue weighted by molar-refractivity contribution is 0.0934. The predicted molar refractivity (Wildman–Crippen MR) is 129 cm³/mol. The monoisotopic (exact) mass is 480 g/mol. The number of hydrogen-bond donors (Lipinski definition) is 2. The Hall–Kier alpha value is -2.94. The summed E-state index contributed by atoms with van der Waals surface area (Å²) in [6.07, 6.45) is 0.876. The molecule has 0 fully saturated rings. The number of amides is 1. The molecule has 0 radical (unpaired) electrons. The molecule has 4 rings (SSSR count). The normalized spacial score (nSPS) is 15.5. The van der Waals surface area contributed by atoms with Crippen LogP contribution < -0.4 is 10.0 Å². The minimum Gasteiger partial charge on any atom is -0.345 e. The van der Waals surface area contributed by atoms with E-state index in [0.29, 0.717) is 11.1 Å². The second-order valence-corrected chi connectivity index (χ2v) is 10.7. The first-order chi connectivity index (χ1) is 15.8. The first-order valence-electron chi connectivity index (χ1n) is 10.6. The summed E-state index contributed by atoms with van der Waals surface area (Å²) in [7, 11) is -3.72. The molecule has 1 heterocycles. The summed E-state index contributed by atoms with van der Waals surface area (Å²) in [5.41, 5.74) is 2.86. The highest BCUT2D eigenvalue weighted by molar-refractivity contribution is 7.99. The number of Topliss-reactive ketones (excluding diaryl/α,β-unsaturated/α-hetero) is 1. The van der Waals surface area contributed by atoms with Crippen LogP contribution in [0, 0.1) is 0 Å². The third kappa shape index (κ3) is 5.52. The minimum absolute atomic E-state index is 0.0178. The SMILES string of the molecule is CC(=O)c1ccc(S(=O)(=O)NCc2ccc(C(=O)NC3CCSc4ccccc43)cc2)cc1. The zero-order valence-electron chi connectivity index (χ0n) is 18.1. The standard InChI is InChI=1S/C25H24N2O4S2/c1-17(28)19-10-12-21(13-11-19)33(30,31)26-16-18-6-8-20(9-7-18)25(29)27-23-14-15-32-24-5-3-2-4-22(23)24/h2-13,23,26H,14-16H2,1H3,(H,27,29). The van der Waals surface area contributed by atoms with Gasteiger partial charge in [-0.15, -0.1) is 11.8 Å². The van der Waals surface area contributed by atoms with E-state index in [1.807, 2.05) is 12.1 Å². The van der Waals surface area contributed by atoms with Gasteiger partial charge in [0.1, 0.15) is 0 Å². The maximum Gasteiger partial charge on any atom is 0.251 e. The van der Waals surface area contributed by atoms with Crippen molar-refractivity contribution in [2.24, 2.45) is 0 Å². The molecular formula is C25H24N2O4S2. The highest BCUT2D eigenvalue weighted by Gasteiger charge is 2.22. The van der Waals surface area contributed by atoms with E-state index in [0.717, 1.165) is 23.3 Å². The molecule has 0 spiro atoms. The van der Waals surface area contributed by atoms with Gasteiger partial charge in [0.05, 0.1) is 10.9 Å². The number of nitrogens with one attached hydrogen (secondary N) is 2. The summed E-state index contributed by atoms with van der Waals surface area (Å²) >= 11 is 1.80. The summed E-state index contributed by atoms with van der Waals surface area (Å²) in [4.78, 5) is 25.4. The van der Waals surface area contributed by atoms with Crippen LogP contribution in [0.15, 0.2) is 82.6 Å². The van der Waals surface area contributed by atoms with Crippen molar-refractivity contribution in [2.75, 3.05) is 5.75 Å². The van der Waals surface area contributed by atoms with Crippen LogP contribution in [0.2, 0.25) is 0 Å². The Morgan fingerprint density at radius 3 is 2.30 bits per heavy atom. The second-order valence-electron chi connectivity index (χ2n) is 7.80. The summed E-state index contributed by atoms with van der Waals surface area (Å²) in [6.45, 7) is 1.52. The molecule has 1 aliphatic heterocycles. The largest absolute Gasteiger partial charge is 0.345 e. The summed E-state index contributed by atoms with van der Waals surface area (Å²) in [5, 5.41) is 3.11. The Morgan fingerprint density at radius 1 is 0.939 bits per heavy atom. The van der Waals surface area contributed by atoms with Crippen LogP contribution >= 0.6 is 11.8 Å². The van der Waals surface area contributed by atoms with Crippen molar-refractivity contribution in [3.8, 4) is 0 Å². The van der Waals surface area contributed by atoms with Gasteiger partial charge in [-0.2, -0.15) is 0 Å². The van der Waals surface area contributed by atoms with Crippen LogP contribution in [0.4, 0.5) is 0 Å². The summed E-state index contributed by atoms with van der Waals surface area (Å²) in [5.74, 6) is 0.681.